The first-order chi connectivity index (χ1) is 13.6. The second kappa shape index (κ2) is 10.2. The minimum atomic E-state index is -0.267. The van der Waals surface area contributed by atoms with Gasteiger partial charge in [-0.2, -0.15) is 0 Å². The summed E-state index contributed by atoms with van der Waals surface area (Å²) < 4.78 is 0. The van der Waals surface area contributed by atoms with Crippen LogP contribution in [0, 0.1) is 5.92 Å². The number of aromatic hydroxyl groups is 1. The first-order valence-electron chi connectivity index (χ1n) is 9.71. The molecule has 0 aromatic heterocycles. The second-order valence-electron chi connectivity index (χ2n) is 7.10. The molecule has 28 heavy (non-hydrogen) atoms. The SMILES string of the molecule is O=C(CSc1ccccc1C(=O)Nc1cccc(O)c1)NCC1CCCCC1. The van der Waals surface area contributed by atoms with Crippen molar-refractivity contribution in [2.75, 3.05) is 17.6 Å². The summed E-state index contributed by atoms with van der Waals surface area (Å²) in [5.74, 6) is 0.705. The summed E-state index contributed by atoms with van der Waals surface area (Å²) in [6.07, 6.45) is 6.23. The zero-order valence-corrected chi connectivity index (χ0v) is 16.6. The summed E-state index contributed by atoms with van der Waals surface area (Å²) >= 11 is 1.36. The van der Waals surface area contributed by atoms with Crippen molar-refractivity contribution in [1.29, 1.82) is 0 Å². The monoisotopic (exact) mass is 398 g/mol. The van der Waals surface area contributed by atoms with Crippen LogP contribution in [0.3, 0.4) is 0 Å². The van der Waals surface area contributed by atoms with Crippen molar-refractivity contribution < 1.29 is 14.7 Å². The highest BCUT2D eigenvalue weighted by Gasteiger charge is 2.16. The van der Waals surface area contributed by atoms with E-state index in [0.29, 0.717) is 17.2 Å². The molecule has 1 fully saturated rings. The highest BCUT2D eigenvalue weighted by atomic mass is 32.2. The maximum absolute atomic E-state index is 12.6. The number of benzene rings is 2. The van der Waals surface area contributed by atoms with Crippen LogP contribution in [0.5, 0.6) is 5.75 Å². The van der Waals surface area contributed by atoms with Crippen LogP contribution in [-0.4, -0.2) is 29.2 Å². The lowest BCUT2D eigenvalue weighted by Crippen LogP contribution is -2.31. The van der Waals surface area contributed by atoms with E-state index in [1.807, 2.05) is 12.1 Å². The van der Waals surface area contributed by atoms with Crippen molar-refractivity contribution in [3.05, 3.63) is 54.1 Å². The fourth-order valence-electron chi connectivity index (χ4n) is 3.41. The Bertz CT molecular complexity index is 819. The Hall–Kier alpha value is -2.47. The van der Waals surface area contributed by atoms with Gasteiger partial charge < -0.3 is 15.7 Å². The molecule has 0 heterocycles. The van der Waals surface area contributed by atoms with Crippen molar-refractivity contribution in [2.24, 2.45) is 5.92 Å². The molecule has 3 N–H and O–H groups in total. The molecule has 6 heteroatoms. The third-order valence-electron chi connectivity index (χ3n) is 4.91. The predicted molar refractivity (Wildman–Crippen MR) is 113 cm³/mol. The number of phenols is 1. The average Bonchev–Trinajstić information content (AvgIpc) is 2.71. The number of carbonyl (C=O) groups is 2. The van der Waals surface area contributed by atoms with Gasteiger partial charge in [0.1, 0.15) is 5.75 Å². The van der Waals surface area contributed by atoms with E-state index in [9.17, 15) is 14.7 Å². The van der Waals surface area contributed by atoms with Gasteiger partial charge in [0.15, 0.2) is 0 Å². The third kappa shape index (κ3) is 6.02. The molecule has 1 saturated carbocycles. The lowest BCUT2D eigenvalue weighted by atomic mass is 9.89. The van der Waals surface area contributed by atoms with Crippen molar-refractivity contribution in [1.82, 2.24) is 5.32 Å². The number of nitrogens with one attached hydrogen (secondary N) is 2. The van der Waals surface area contributed by atoms with Crippen LogP contribution in [0.15, 0.2) is 53.4 Å². The standard InChI is InChI=1S/C22H26N2O3S/c25-18-10-6-9-17(13-18)24-22(27)19-11-4-5-12-20(19)28-15-21(26)23-14-16-7-2-1-3-8-16/h4-6,9-13,16,25H,1-3,7-8,14-15H2,(H,23,26)(H,24,27). The van der Waals surface area contributed by atoms with Crippen LogP contribution in [0.25, 0.3) is 0 Å². The smallest absolute Gasteiger partial charge is 0.256 e. The number of phenolic OH excluding ortho intramolecular Hbond substituents is 1. The van der Waals surface area contributed by atoms with E-state index in [2.05, 4.69) is 10.6 Å². The first-order valence-corrected chi connectivity index (χ1v) is 10.7. The molecule has 0 bridgehead atoms. The molecule has 2 amide bonds. The predicted octanol–water partition coefficient (Wildman–Crippen LogP) is 4.43. The number of anilines is 1. The minimum absolute atomic E-state index is 0.00114. The van der Waals surface area contributed by atoms with E-state index in [1.165, 1.54) is 49.9 Å². The van der Waals surface area contributed by atoms with Gasteiger partial charge in [0.25, 0.3) is 5.91 Å². The first kappa shape index (κ1) is 20.3. The van der Waals surface area contributed by atoms with E-state index < -0.39 is 0 Å². The van der Waals surface area contributed by atoms with E-state index in [1.54, 1.807) is 30.3 Å². The highest BCUT2D eigenvalue weighted by Crippen LogP contribution is 2.25. The molecular weight excluding hydrogens is 372 g/mol. The van der Waals surface area contributed by atoms with Gasteiger partial charge in [-0.15, -0.1) is 11.8 Å². The van der Waals surface area contributed by atoms with Gasteiger partial charge in [-0.1, -0.05) is 37.5 Å². The summed E-state index contributed by atoms with van der Waals surface area (Å²) in [6.45, 7) is 0.749. The number of hydrogen-bond donors (Lipinski definition) is 3. The second-order valence-corrected chi connectivity index (χ2v) is 8.11. The fraction of sp³-hybridized carbons (Fsp3) is 0.364. The lowest BCUT2D eigenvalue weighted by Gasteiger charge is -2.21. The van der Waals surface area contributed by atoms with Gasteiger partial charge >= 0.3 is 0 Å². The molecule has 5 nitrogen and oxygen atoms in total. The lowest BCUT2D eigenvalue weighted by molar-refractivity contribution is -0.118. The maximum Gasteiger partial charge on any atom is 0.256 e. The zero-order chi connectivity index (χ0) is 19.8. The third-order valence-corrected chi connectivity index (χ3v) is 5.98. The fourth-order valence-corrected chi connectivity index (χ4v) is 4.29. The molecule has 1 aliphatic carbocycles. The highest BCUT2D eigenvalue weighted by molar-refractivity contribution is 8.00. The zero-order valence-electron chi connectivity index (χ0n) is 15.8. The Labute approximate surface area is 169 Å². The van der Waals surface area contributed by atoms with Crippen LogP contribution >= 0.6 is 11.8 Å². The average molecular weight is 399 g/mol. The molecule has 0 atom stereocenters. The van der Waals surface area contributed by atoms with Crippen molar-refractivity contribution in [2.45, 2.75) is 37.0 Å². The van der Waals surface area contributed by atoms with Gasteiger partial charge in [-0.3, -0.25) is 9.59 Å². The van der Waals surface area contributed by atoms with Crippen LogP contribution in [0.2, 0.25) is 0 Å². The van der Waals surface area contributed by atoms with E-state index in [-0.39, 0.29) is 23.3 Å². The summed E-state index contributed by atoms with van der Waals surface area (Å²) in [6, 6.07) is 13.7. The Balaban J connectivity index is 1.54. The molecule has 0 aliphatic heterocycles. The maximum atomic E-state index is 12.6. The number of thioether (sulfide) groups is 1. The molecule has 1 aliphatic rings. The summed E-state index contributed by atoms with van der Waals surface area (Å²) in [5, 5.41) is 15.4. The van der Waals surface area contributed by atoms with Crippen LogP contribution in [0.4, 0.5) is 5.69 Å². The quantitative estimate of drug-likeness (QED) is 0.603. The van der Waals surface area contributed by atoms with E-state index >= 15 is 0 Å². The largest absolute Gasteiger partial charge is 0.508 e. The van der Waals surface area contributed by atoms with Gasteiger partial charge in [0.2, 0.25) is 5.91 Å². The molecule has 3 rings (SSSR count). The van der Waals surface area contributed by atoms with Crippen LogP contribution in [-0.2, 0) is 4.79 Å². The normalized spacial score (nSPS) is 14.4. The number of rotatable bonds is 7. The van der Waals surface area contributed by atoms with Crippen molar-refractivity contribution >= 4 is 29.3 Å². The molecule has 0 unspecified atom stereocenters. The Kier molecular flexibility index (Phi) is 7.37. The van der Waals surface area contributed by atoms with Gasteiger partial charge in [-0.05, 0) is 43.0 Å². The summed E-state index contributed by atoms with van der Waals surface area (Å²) in [7, 11) is 0. The van der Waals surface area contributed by atoms with Gasteiger partial charge in [0, 0.05) is 23.2 Å². The van der Waals surface area contributed by atoms with Gasteiger partial charge in [-0.25, -0.2) is 0 Å². The Morgan fingerprint density at radius 2 is 1.82 bits per heavy atom. The van der Waals surface area contributed by atoms with E-state index in [4.69, 9.17) is 0 Å². The summed E-state index contributed by atoms with van der Waals surface area (Å²) in [4.78, 5) is 25.6. The molecular formula is C22H26N2O3S. The topological polar surface area (TPSA) is 78.4 Å². The Morgan fingerprint density at radius 3 is 2.61 bits per heavy atom. The van der Waals surface area contributed by atoms with E-state index in [0.717, 1.165) is 11.4 Å². The van der Waals surface area contributed by atoms with Crippen molar-refractivity contribution in [3.8, 4) is 5.75 Å². The van der Waals surface area contributed by atoms with Gasteiger partial charge in [0.05, 0.1) is 11.3 Å². The molecule has 2 aromatic carbocycles. The molecule has 0 saturated heterocycles. The summed E-state index contributed by atoms with van der Waals surface area (Å²) in [5.41, 5.74) is 1.03. The van der Waals surface area contributed by atoms with Crippen LogP contribution in [0.1, 0.15) is 42.5 Å². The molecule has 0 radical (unpaired) electrons. The van der Waals surface area contributed by atoms with Crippen molar-refractivity contribution in [3.63, 3.8) is 0 Å². The number of hydrogen-bond acceptors (Lipinski definition) is 4. The molecule has 148 valence electrons. The number of amides is 2. The Morgan fingerprint density at radius 1 is 1.04 bits per heavy atom. The molecule has 2 aromatic rings. The minimum Gasteiger partial charge on any atom is -0.508 e. The number of carbonyl (C=O) groups excluding carboxylic acids is 2. The molecule has 0 spiro atoms. The van der Waals surface area contributed by atoms with Crippen LogP contribution < -0.4 is 10.6 Å².